The van der Waals surface area contributed by atoms with Gasteiger partial charge in [0.2, 0.25) is 5.91 Å². The third-order valence-corrected chi connectivity index (χ3v) is 2.72. The van der Waals surface area contributed by atoms with Crippen LogP contribution in [0.15, 0.2) is 0 Å². The Bertz CT molecular complexity index is 273. The second-order valence-corrected chi connectivity index (χ2v) is 4.74. The van der Waals surface area contributed by atoms with Gasteiger partial charge in [-0.2, -0.15) is 0 Å². The number of carbonyl (C=O) groups excluding carboxylic acids is 1. The Hall–Kier alpha value is -0.620. The molecular weight excluding hydrogens is 206 g/mol. The smallest absolute Gasteiger partial charge is 0.222 e. The highest BCUT2D eigenvalue weighted by Crippen LogP contribution is 1.99. The monoisotopic (exact) mass is 222 g/mol. The molecule has 0 heterocycles. The predicted molar refractivity (Wildman–Crippen MR) is 51.6 cm³/mol. The molecule has 0 aromatic rings. The third-order valence-electron chi connectivity index (χ3n) is 1.93. The van der Waals surface area contributed by atoms with Gasteiger partial charge >= 0.3 is 0 Å². The minimum Gasteiger partial charge on any atom is -0.748 e. The van der Waals surface area contributed by atoms with Crippen LogP contribution in [0.3, 0.4) is 0 Å². The fourth-order valence-electron chi connectivity index (χ4n) is 0.820. The van der Waals surface area contributed by atoms with Crippen molar-refractivity contribution >= 4 is 16.0 Å². The quantitative estimate of drug-likeness (QED) is 0.509. The first-order chi connectivity index (χ1) is 6.37. The van der Waals surface area contributed by atoms with Crippen LogP contribution in [0.5, 0.6) is 0 Å². The van der Waals surface area contributed by atoms with Crippen LogP contribution in [0.25, 0.3) is 0 Å². The molecule has 1 amide bonds. The van der Waals surface area contributed by atoms with E-state index in [0.29, 0.717) is 0 Å². The van der Waals surface area contributed by atoms with Crippen LogP contribution >= 0.6 is 0 Å². The van der Waals surface area contributed by atoms with Crippen molar-refractivity contribution in [3.63, 3.8) is 0 Å². The summed E-state index contributed by atoms with van der Waals surface area (Å²) in [7, 11) is -4.15. The Balaban J connectivity index is 3.61. The largest absolute Gasteiger partial charge is 0.748 e. The lowest BCUT2D eigenvalue weighted by atomic mass is 10.1. The molecule has 0 saturated carbocycles. The highest BCUT2D eigenvalue weighted by atomic mass is 32.2. The normalized spacial score (nSPS) is 13.6. The van der Waals surface area contributed by atoms with E-state index in [9.17, 15) is 17.8 Å². The fraction of sp³-hybridized carbons (Fsp3) is 0.875. The van der Waals surface area contributed by atoms with E-state index in [0.717, 1.165) is 6.42 Å². The lowest BCUT2D eigenvalue weighted by molar-refractivity contribution is -0.124. The van der Waals surface area contributed by atoms with Crippen LogP contribution in [0.1, 0.15) is 26.7 Å². The first-order valence-corrected chi connectivity index (χ1v) is 6.16. The zero-order valence-electron chi connectivity index (χ0n) is 8.45. The number of nitrogens with one attached hydrogen (secondary N) is 1. The summed E-state index contributed by atoms with van der Waals surface area (Å²) in [6, 6.07) is 0. The summed E-state index contributed by atoms with van der Waals surface area (Å²) in [6.07, 6.45) is 0.916. The van der Waals surface area contributed by atoms with Gasteiger partial charge in [-0.15, -0.1) is 0 Å². The van der Waals surface area contributed by atoms with E-state index in [-0.39, 0.29) is 24.8 Å². The Morgan fingerprint density at radius 3 is 2.50 bits per heavy atom. The molecule has 0 fully saturated rings. The molecule has 1 unspecified atom stereocenters. The topological polar surface area (TPSA) is 86.3 Å². The number of carbonyl (C=O) groups is 1. The molecule has 6 heteroatoms. The molecule has 0 rings (SSSR count). The molecule has 0 saturated heterocycles. The van der Waals surface area contributed by atoms with E-state index in [1.807, 2.05) is 6.92 Å². The van der Waals surface area contributed by atoms with Crippen LogP contribution in [-0.4, -0.2) is 31.2 Å². The van der Waals surface area contributed by atoms with Crippen molar-refractivity contribution in [3.8, 4) is 0 Å². The second-order valence-electron chi connectivity index (χ2n) is 3.22. The molecule has 0 aromatic carbocycles. The zero-order chi connectivity index (χ0) is 11.2. The van der Waals surface area contributed by atoms with E-state index in [1.165, 1.54) is 0 Å². The van der Waals surface area contributed by atoms with Gasteiger partial charge in [-0.05, 0) is 12.8 Å². The van der Waals surface area contributed by atoms with Gasteiger partial charge in [0.1, 0.15) is 0 Å². The first-order valence-electron chi connectivity index (χ1n) is 4.58. The number of amides is 1. The lowest BCUT2D eigenvalue weighted by Gasteiger charge is -2.10. The lowest BCUT2D eigenvalue weighted by Crippen LogP contribution is -2.30. The van der Waals surface area contributed by atoms with Gasteiger partial charge in [0.05, 0.1) is 10.1 Å². The maximum atomic E-state index is 11.2. The Labute approximate surface area is 84.6 Å². The SMILES string of the molecule is CCC(C)C(=O)NCCCS(=O)(=O)[O-]. The molecule has 0 spiro atoms. The molecule has 0 aliphatic carbocycles. The van der Waals surface area contributed by atoms with Gasteiger partial charge in [-0.1, -0.05) is 13.8 Å². The van der Waals surface area contributed by atoms with E-state index in [4.69, 9.17) is 0 Å². The first kappa shape index (κ1) is 13.4. The summed E-state index contributed by atoms with van der Waals surface area (Å²) in [5.74, 6) is -0.594. The Morgan fingerprint density at radius 2 is 2.07 bits per heavy atom. The van der Waals surface area contributed by atoms with Crippen molar-refractivity contribution in [2.24, 2.45) is 5.92 Å². The minimum absolute atomic E-state index is 0.0705. The Morgan fingerprint density at radius 1 is 1.50 bits per heavy atom. The standard InChI is InChI=1S/C8H17NO4S/c1-3-7(2)8(10)9-5-4-6-14(11,12)13/h7H,3-6H2,1-2H3,(H,9,10)(H,11,12,13)/p-1. The molecule has 14 heavy (non-hydrogen) atoms. The molecule has 84 valence electrons. The highest BCUT2D eigenvalue weighted by molar-refractivity contribution is 7.85. The molecule has 1 atom stereocenters. The van der Waals surface area contributed by atoms with E-state index in [1.54, 1.807) is 6.92 Å². The van der Waals surface area contributed by atoms with Crippen LogP contribution in [0.4, 0.5) is 0 Å². The molecule has 0 aliphatic heterocycles. The maximum absolute atomic E-state index is 11.2. The number of rotatable bonds is 6. The van der Waals surface area contributed by atoms with Crippen molar-refractivity contribution in [1.29, 1.82) is 0 Å². The summed E-state index contributed by atoms with van der Waals surface area (Å²) in [4.78, 5) is 11.2. The van der Waals surface area contributed by atoms with E-state index >= 15 is 0 Å². The van der Waals surface area contributed by atoms with E-state index < -0.39 is 15.9 Å². The van der Waals surface area contributed by atoms with Crippen LogP contribution < -0.4 is 5.32 Å². The van der Waals surface area contributed by atoms with Crippen molar-refractivity contribution in [3.05, 3.63) is 0 Å². The molecule has 0 bridgehead atoms. The summed E-state index contributed by atoms with van der Waals surface area (Å²) in [6.45, 7) is 3.93. The van der Waals surface area contributed by atoms with Crippen molar-refractivity contribution in [1.82, 2.24) is 5.32 Å². The van der Waals surface area contributed by atoms with E-state index in [2.05, 4.69) is 5.32 Å². The molecule has 0 radical (unpaired) electrons. The van der Waals surface area contributed by atoms with Crippen molar-refractivity contribution < 1.29 is 17.8 Å². The number of hydrogen-bond acceptors (Lipinski definition) is 4. The predicted octanol–water partition coefficient (Wildman–Crippen LogP) is 0.0840. The summed E-state index contributed by atoms with van der Waals surface area (Å²) >= 11 is 0. The van der Waals surface area contributed by atoms with Crippen LogP contribution in [-0.2, 0) is 14.9 Å². The third kappa shape index (κ3) is 6.85. The van der Waals surface area contributed by atoms with Gasteiger partial charge in [-0.25, -0.2) is 8.42 Å². The molecular formula is C8H16NO4S-. The van der Waals surface area contributed by atoms with Gasteiger partial charge in [0.15, 0.2) is 0 Å². The molecule has 0 aromatic heterocycles. The van der Waals surface area contributed by atoms with Crippen molar-refractivity contribution in [2.45, 2.75) is 26.7 Å². The average Bonchev–Trinajstić information content (AvgIpc) is 2.09. The number of hydrogen-bond donors (Lipinski definition) is 1. The van der Waals surface area contributed by atoms with Gasteiger partial charge in [0, 0.05) is 18.2 Å². The van der Waals surface area contributed by atoms with Gasteiger partial charge in [0.25, 0.3) is 0 Å². The fourth-order valence-corrected chi connectivity index (χ4v) is 1.32. The van der Waals surface area contributed by atoms with Gasteiger partial charge in [-0.3, -0.25) is 4.79 Å². The zero-order valence-corrected chi connectivity index (χ0v) is 9.26. The van der Waals surface area contributed by atoms with Crippen molar-refractivity contribution in [2.75, 3.05) is 12.3 Å². The molecule has 0 aliphatic rings. The average molecular weight is 222 g/mol. The highest BCUT2D eigenvalue weighted by Gasteiger charge is 2.08. The Kier molecular flexibility index (Phi) is 5.71. The van der Waals surface area contributed by atoms with Crippen LogP contribution in [0.2, 0.25) is 0 Å². The minimum atomic E-state index is -4.15. The summed E-state index contributed by atoms with van der Waals surface area (Å²) in [5.41, 5.74) is 0. The summed E-state index contributed by atoms with van der Waals surface area (Å²) in [5, 5.41) is 2.56. The van der Waals surface area contributed by atoms with Gasteiger partial charge < -0.3 is 9.87 Å². The maximum Gasteiger partial charge on any atom is 0.222 e. The van der Waals surface area contributed by atoms with Crippen LogP contribution in [0, 0.1) is 5.92 Å². The second kappa shape index (κ2) is 5.98. The summed E-state index contributed by atoms with van der Waals surface area (Å²) < 4.78 is 30.6. The molecule has 5 nitrogen and oxygen atoms in total. The molecule has 1 N–H and O–H groups in total.